The molecule has 0 bridgehead atoms. The molecule has 0 fully saturated rings. The standard InChI is InChI=1S/C12H11N3O4S/c16-9-15(11-2-1-3-12(17)8-11)20(18,19)14-10-4-6-13-7-5-10/h1-9,17H,(H,13,14). The maximum atomic E-state index is 12.1. The highest BCUT2D eigenvalue weighted by atomic mass is 32.2. The molecule has 0 saturated heterocycles. The molecule has 0 aliphatic carbocycles. The Bertz CT molecular complexity index is 704. The number of carbonyl (C=O) groups is 1. The molecule has 2 N–H and O–H groups in total. The number of aromatic nitrogens is 1. The van der Waals surface area contributed by atoms with Crippen LogP contribution in [0.2, 0.25) is 0 Å². The molecular formula is C12H11N3O4S. The van der Waals surface area contributed by atoms with E-state index in [0.717, 1.165) is 0 Å². The number of nitrogens with zero attached hydrogens (tertiary/aromatic N) is 2. The van der Waals surface area contributed by atoms with E-state index in [1.165, 1.54) is 48.8 Å². The van der Waals surface area contributed by atoms with Crippen LogP contribution in [0.15, 0.2) is 48.8 Å². The zero-order valence-electron chi connectivity index (χ0n) is 10.2. The summed E-state index contributed by atoms with van der Waals surface area (Å²) in [6.07, 6.45) is 2.98. The van der Waals surface area contributed by atoms with Crippen LogP contribution in [0.3, 0.4) is 0 Å². The highest BCUT2D eigenvalue weighted by molar-refractivity contribution is 7.94. The lowest BCUT2D eigenvalue weighted by Gasteiger charge is -2.18. The van der Waals surface area contributed by atoms with E-state index < -0.39 is 10.2 Å². The number of hydrogen-bond donors (Lipinski definition) is 2. The number of pyridine rings is 1. The Balaban J connectivity index is 2.33. The maximum absolute atomic E-state index is 12.1. The molecule has 1 amide bonds. The second kappa shape index (κ2) is 5.57. The number of aromatic hydroxyl groups is 1. The van der Waals surface area contributed by atoms with E-state index in [-0.39, 0.29) is 23.5 Å². The minimum atomic E-state index is -4.12. The van der Waals surface area contributed by atoms with Crippen molar-refractivity contribution in [3.63, 3.8) is 0 Å². The van der Waals surface area contributed by atoms with Crippen molar-refractivity contribution in [2.45, 2.75) is 0 Å². The number of anilines is 2. The lowest BCUT2D eigenvalue weighted by Crippen LogP contribution is -2.34. The summed E-state index contributed by atoms with van der Waals surface area (Å²) in [6, 6.07) is 8.25. The van der Waals surface area contributed by atoms with Crippen molar-refractivity contribution >= 4 is 28.0 Å². The highest BCUT2D eigenvalue weighted by Gasteiger charge is 2.22. The van der Waals surface area contributed by atoms with Crippen LogP contribution in [-0.4, -0.2) is 24.9 Å². The first kappa shape index (κ1) is 13.8. The van der Waals surface area contributed by atoms with Gasteiger partial charge in [-0.1, -0.05) is 6.07 Å². The van der Waals surface area contributed by atoms with E-state index in [4.69, 9.17) is 0 Å². The predicted molar refractivity (Wildman–Crippen MR) is 73.4 cm³/mol. The summed E-state index contributed by atoms with van der Waals surface area (Å²) >= 11 is 0. The second-order valence-electron chi connectivity index (χ2n) is 3.76. The maximum Gasteiger partial charge on any atom is 0.330 e. The van der Waals surface area contributed by atoms with Gasteiger partial charge in [-0.3, -0.25) is 14.5 Å². The fourth-order valence-electron chi connectivity index (χ4n) is 1.50. The van der Waals surface area contributed by atoms with Crippen LogP contribution in [0, 0.1) is 0 Å². The fourth-order valence-corrected chi connectivity index (χ4v) is 2.54. The van der Waals surface area contributed by atoms with Crippen LogP contribution in [0.4, 0.5) is 11.4 Å². The van der Waals surface area contributed by atoms with Gasteiger partial charge in [0.15, 0.2) is 0 Å². The van der Waals surface area contributed by atoms with Gasteiger partial charge in [0.25, 0.3) is 0 Å². The number of rotatable bonds is 5. The molecule has 0 aliphatic heterocycles. The molecule has 0 spiro atoms. The third-order valence-corrected chi connectivity index (χ3v) is 3.67. The molecule has 0 aliphatic rings. The average molecular weight is 293 g/mol. The molecule has 0 radical (unpaired) electrons. The molecule has 104 valence electrons. The first-order chi connectivity index (χ1) is 9.53. The Kier molecular flexibility index (Phi) is 3.85. The topological polar surface area (TPSA) is 99.6 Å². The Hall–Kier alpha value is -2.61. The third kappa shape index (κ3) is 3.04. The van der Waals surface area contributed by atoms with Gasteiger partial charge in [0.2, 0.25) is 6.41 Å². The van der Waals surface area contributed by atoms with Crippen molar-refractivity contribution in [2.24, 2.45) is 0 Å². The molecule has 1 aromatic heterocycles. The Morgan fingerprint density at radius 2 is 1.90 bits per heavy atom. The van der Waals surface area contributed by atoms with Crippen LogP contribution in [0.25, 0.3) is 0 Å². The first-order valence-electron chi connectivity index (χ1n) is 5.49. The molecule has 20 heavy (non-hydrogen) atoms. The summed E-state index contributed by atoms with van der Waals surface area (Å²) < 4.78 is 27.0. The predicted octanol–water partition coefficient (Wildman–Crippen LogP) is 1.11. The number of phenols is 1. The molecule has 7 nitrogen and oxygen atoms in total. The van der Waals surface area contributed by atoms with Crippen LogP contribution in [-0.2, 0) is 15.0 Å². The van der Waals surface area contributed by atoms with Crippen molar-refractivity contribution in [2.75, 3.05) is 9.03 Å². The molecule has 8 heteroatoms. The van der Waals surface area contributed by atoms with Gasteiger partial charge >= 0.3 is 10.2 Å². The van der Waals surface area contributed by atoms with Crippen LogP contribution in [0.5, 0.6) is 5.75 Å². The van der Waals surface area contributed by atoms with E-state index in [2.05, 4.69) is 9.71 Å². The average Bonchev–Trinajstić information content (AvgIpc) is 2.39. The number of carbonyl (C=O) groups excluding carboxylic acids is 1. The Morgan fingerprint density at radius 1 is 1.20 bits per heavy atom. The van der Waals surface area contributed by atoms with Gasteiger partial charge in [0.1, 0.15) is 5.75 Å². The van der Waals surface area contributed by atoms with Crippen LogP contribution in [0.1, 0.15) is 0 Å². The van der Waals surface area contributed by atoms with Gasteiger partial charge in [0.05, 0.1) is 11.4 Å². The van der Waals surface area contributed by atoms with Crippen molar-refractivity contribution in [1.82, 2.24) is 4.98 Å². The number of benzene rings is 1. The molecule has 2 rings (SSSR count). The van der Waals surface area contributed by atoms with E-state index >= 15 is 0 Å². The van der Waals surface area contributed by atoms with Gasteiger partial charge in [-0.05, 0) is 24.3 Å². The van der Waals surface area contributed by atoms with Gasteiger partial charge in [-0.15, -0.1) is 0 Å². The smallest absolute Gasteiger partial charge is 0.330 e. The largest absolute Gasteiger partial charge is 0.508 e. The zero-order valence-corrected chi connectivity index (χ0v) is 11.0. The van der Waals surface area contributed by atoms with Gasteiger partial charge in [0, 0.05) is 18.5 Å². The number of amides is 1. The number of nitrogens with one attached hydrogen (secondary N) is 1. The molecule has 0 saturated carbocycles. The lowest BCUT2D eigenvalue weighted by atomic mass is 10.3. The minimum Gasteiger partial charge on any atom is -0.508 e. The lowest BCUT2D eigenvalue weighted by molar-refractivity contribution is -0.106. The summed E-state index contributed by atoms with van der Waals surface area (Å²) in [4.78, 5) is 14.8. The van der Waals surface area contributed by atoms with Gasteiger partial charge in [-0.25, -0.2) is 0 Å². The quantitative estimate of drug-likeness (QED) is 0.804. The van der Waals surface area contributed by atoms with Crippen molar-refractivity contribution in [3.05, 3.63) is 48.8 Å². The number of hydrogen-bond acceptors (Lipinski definition) is 5. The summed E-state index contributed by atoms with van der Waals surface area (Å²) in [6.45, 7) is 0. The van der Waals surface area contributed by atoms with Gasteiger partial charge in [-0.2, -0.15) is 12.7 Å². The van der Waals surface area contributed by atoms with E-state index in [0.29, 0.717) is 4.31 Å². The zero-order chi connectivity index (χ0) is 14.6. The van der Waals surface area contributed by atoms with Crippen LogP contribution < -0.4 is 9.03 Å². The van der Waals surface area contributed by atoms with Crippen molar-refractivity contribution in [3.8, 4) is 5.75 Å². The number of phenolic OH excluding ortho intramolecular Hbond substituents is 1. The summed E-state index contributed by atoms with van der Waals surface area (Å²) in [5, 5.41) is 9.35. The first-order valence-corrected chi connectivity index (χ1v) is 6.93. The molecule has 1 aromatic carbocycles. The normalized spacial score (nSPS) is 10.8. The van der Waals surface area contributed by atoms with Crippen molar-refractivity contribution in [1.29, 1.82) is 0 Å². The molecule has 1 heterocycles. The second-order valence-corrected chi connectivity index (χ2v) is 5.31. The molecule has 0 unspecified atom stereocenters. The van der Waals surface area contributed by atoms with E-state index in [9.17, 15) is 18.3 Å². The monoisotopic (exact) mass is 293 g/mol. The SMILES string of the molecule is O=CN(c1cccc(O)c1)S(=O)(=O)Nc1ccncc1. The molecular weight excluding hydrogens is 282 g/mol. The molecule has 0 atom stereocenters. The fraction of sp³-hybridized carbons (Fsp3) is 0. The highest BCUT2D eigenvalue weighted by Crippen LogP contribution is 2.22. The Morgan fingerprint density at radius 3 is 2.50 bits per heavy atom. The van der Waals surface area contributed by atoms with E-state index in [1.807, 2.05) is 0 Å². The van der Waals surface area contributed by atoms with Crippen LogP contribution >= 0.6 is 0 Å². The summed E-state index contributed by atoms with van der Waals surface area (Å²) in [5.41, 5.74) is 0.300. The summed E-state index contributed by atoms with van der Waals surface area (Å²) in [5.74, 6) is -0.145. The third-order valence-electron chi connectivity index (χ3n) is 2.37. The molecule has 2 aromatic rings. The Labute approximate surface area is 115 Å². The van der Waals surface area contributed by atoms with Crippen molar-refractivity contribution < 1.29 is 18.3 Å². The minimum absolute atomic E-state index is 0.0292. The van der Waals surface area contributed by atoms with E-state index in [1.54, 1.807) is 0 Å². The van der Waals surface area contributed by atoms with Gasteiger partial charge < -0.3 is 5.11 Å². The summed E-state index contributed by atoms with van der Waals surface area (Å²) in [7, 11) is -4.12.